The van der Waals surface area contributed by atoms with Gasteiger partial charge in [-0.2, -0.15) is 0 Å². The van der Waals surface area contributed by atoms with E-state index in [1.54, 1.807) is 34.2 Å². The van der Waals surface area contributed by atoms with Crippen molar-refractivity contribution in [2.45, 2.75) is 0 Å². The molecule has 0 radical (unpaired) electrons. The van der Waals surface area contributed by atoms with Crippen molar-refractivity contribution in [3.63, 3.8) is 0 Å². The van der Waals surface area contributed by atoms with Gasteiger partial charge in [-0.25, -0.2) is 0 Å². The maximum Gasteiger partial charge on any atom is 0.272 e. The van der Waals surface area contributed by atoms with Crippen molar-refractivity contribution in [1.29, 1.82) is 0 Å². The number of hydrogen-bond donors (Lipinski definition) is 2. The summed E-state index contributed by atoms with van der Waals surface area (Å²) in [6, 6.07) is 9.09. The van der Waals surface area contributed by atoms with E-state index in [0.29, 0.717) is 31.9 Å². The molecule has 2 N–H and O–H groups in total. The summed E-state index contributed by atoms with van der Waals surface area (Å²) >= 11 is -2.57. The summed E-state index contributed by atoms with van der Waals surface area (Å²) < 4.78 is 23.3. The fourth-order valence-electron chi connectivity index (χ4n) is 2.79. The van der Waals surface area contributed by atoms with E-state index in [9.17, 15) is 23.5 Å². The van der Waals surface area contributed by atoms with E-state index in [0.717, 1.165) is 0 Å². The van der Waals surface area contributed by atoms with Gasteiger partial charge in [0.15, 0.2) is 0 Å². The molecule has 2 heterocycles. The maximum absolute atomic E-state index is 12.6. The lowest BCUT2D eigenvalue weighted by atomic mass is 10.1. The Hall–Kier alpha value is -2.98. The highest BCUT2D eigenvalue weighted by Gasteiger charge is 2.26. The fraction of sp³-hybridized carbons (Fsp3) is 0.235. The molecular formula is C17H17N4O5S-. The van der Waals surface area contributed by atoms with Crippen molar-refractivity contribution >= 4 is 28.8 Å². The van der Waals surface area contributed by atoms with Gasteiger partial charge in [0.1, 0.15) is 11.4 Å². The summed E-state index contributed by atoms with van der Waals surface area (Å²) in [4.78, 5) is 32.2. The van der Waals surface area contributed by atoms with E-state index in [1.807, 2.05) is 4.72 Å². The third kappa shape index (κ3) is 4.41. The van der Waals surface area contributed by atoms with E-state index in [2.05, 4.69) is 4.98 Å². The van der Waals surface area contributed by atoms with Gasteiger partial charge < -0.3 is 24.2 Å². The largest absolute Gasteiger partial charge is 0.755 e. The monoisotopic (exact) mass is 389 g/mol. The minimum atomic E-state index is -2.57. The SMILES string of the molecule is O=C(c1ccc(NS(=O)[O-])c(O)c1)N1CCN(C(=O)c2ccccn2)CC1. The number of piperazine rings is 1. The lowest BCUT2D eigenvalue weighted by molar-refractivity contribution is 0.0532. The second kappa shape index (κ2) is 8.14. The Morgan fingerprint density at radius 1 is 1.07 bits per heavy atom. The number of amides is 2. The number of pyridine rings is 1. The average Bonchev–Trinajstić information content (AvgIpc) is 2.69. The molecule has 2 amide bonds. The van der Waals surface area contributed by atoms with Gasteiger partial charge in [0.05, 0.1) is 5.69 Å². The molecule has 1 fully saturated rings. The minimum absolute atomic E-state index is 0.00865. The lowest BCUT2D eigenvalue weighted by Crippen LogP contribution is -2.50. The maximum atomic E-state index is 12.6. The third-order valence-corrected chi connectivity index (χ3v) is 4.56. The molecule has 27 heavy (non-hydrogen) atoms. The first-order valence-electron chi connectivity index (χ1n) is 8.14. The van der Waals surface area contributed by atoms with Crippen molar-refractivity contribution < 1.29 is 23.5 Å². The third-order valence-electron chi connectivity index (χ3n) is 4.18. The molecule has 9 nitrogen and oxygen atoms in total. The van der Waals surface area contributed by atoms with E-state index in [-0.39, 0.29) is 28.8 Å². The number of nitrogens with one attached hydrogen (secondary N) is 1. The number of nitrogens with zero attached hydrogens (tertiary/aromatic N) is 3. The van der Waals surface area contributed by atoms with Crippen LogP contribution in [0.1, 0.15) is 20.8 Å². The molecule has 1 aromatic carbocycles. The molecule has 2 aromatic rings. The van der Waals surface area contributed by atoms with Crippen molar-refractivity contribution in [2.24, 2.45) is 0 Å². The number of aromatic hydroxyl groups is 1. The fourth-order valence-corrected chi connectivity index (χ4v) is 3.14. The highest BCUT2D eigenvalue weighted by molar-refractivity contribution is 7.80. The molecule has 1 unspecified atom stereocenters. The zero-order chi connectivity index (χ0) is 19.4. The summed E-state index contributed by atoms with van der Waals surface area (Å²) in [5, 5.41) is 9.86. The van der Waals surface area contributed by atoms with Gasteiger partial charge in [0.2, 0.25) is 0 Å². The number of carbonyl (C=O) groups excluding carboxylic acids is 2. The molecule has 142 valence electrons. The first-order chi connectivity index (χ1) is 13.0. The van der Waals surface area contributed by atoms with Crippen molar-refractivity contribution in [1.82, 2.24) is 14.8 Å². The van der Waals surface area contributed by atoms with Gasteiger partial charge in [-0.15, -0.1) is 0 Å². The van der Waals surface area contributed by atoms with Crippen molar-refractivity contribution in [3.8, 4) is 5.75 Å². The molecule has 0 saturated carbocycles. The van der Waals surface area contributed by atoms with Crippen LogP contribution in [0, 0.1) is 0 Å². The Bertz CT molecular complexity index is 869. The number of anilines is 1. The van der Waals surface area contributed by atoms with Crippen molar-refractivity contribution in [3.05, 3.63) is 53.9 Å². The Morgan fingerprint density at radius 2 is 1.74 bits per heavy atom. The number of phenols is 1. The highest BCUT2D eigenvalue weighted by Crippen LogP contribution is 2.25. The van der Waals surface area contributed by atoms with Crippen LogP contribution in [-0.4, -0.2) is 66.6 Å². The van der Waals surface area contributed by atoms with Gasteiger partial charge >= 0.3 is 0 Å². The van der Waals surface area contributed by atoms with Gasteiger partial charge in [-0.3, -0.25) is 18.8 Å². The standard InChI is InChI=1S/C17H18N4O5S/c22-15-11-12(4-5-13(15)19-27(25)26)16(23)20-7-9-21(10-8-20)17(24)14-3-1-2-6-18-14/h1-6,11,19,22H,7-10H2,(H,25,26)/p-1. The minimum Gasteiger partial charge on any atom is -0.755 e. The number of carbonyl (C=O) groups is 2. The molecule has 0 aliphatic carbocycles. The first kappa shape index (κ1) is 18.8. The van der Waals surface area contributed by atoms with Crippen LogP contribution in [0.2, 0.25) is 0 Å². The Morgan fingerprint density at radius 3 is 2.30 bits per heavy atom. The van der Waals surface area contributed by atoms with Crippen LogP contribution in [0.25, 0.3) is 0 Å². The summed E-state index contributed by atoms with van der Waals surface area (Å²) in [6.07, 6.45) is 1.56. The van der Waals surface area contributed by atoms with Crippen LogP contribution < -0.4 is 4.72 Å². The Balaban J connectivity index is 1.62. The summed E-state index contributed by atoms with van der Waals surface area (Å²) in [5.74, 6) is -0.819. The molecule has 1 atom stereocenters. The van der Waals surface area contributed by atoms with Crippen LogP contribution in [0.5, 0.6) is 5.75 Å². The van der Waals surface area contributed by atoms with Gasteiger partial charge in [0.25, 0.3) is 11.8 Å². The average molecular weight is 389 g/mol. The number of rotatable bonds is 4. The second-order valence-electron chi connectivity index (χ2n) is 5.87. The number of hydrogen-bond acceptors (Lipinski definition) is 6. The number of aromatic nitrogens is 1. The zero-order valence-electron chi connectivity index (χ0n) is 14.2. The van der Waals surface area contributed by atoms with Gasteiger partial charge in [-0.05, 0) is 30.3 Å². The zero-order valence-corrected chi connectivity index (χ0v) is 15.0. The summed E-state index contributed by atoms with van der Waals surface area (Å²) in [7, 11) is 0. The smallest absolute Gasteiger partial charge is 0.272 e. The predicted octanol–water partition coefficient (Wildman–Crippen LogP) is 0.591. The molecule has 1 aliphatic heterocycles. The van der Waals surface area contributed by atoms with Crippen LogP contribution in [0.15, 0.2) is 42.6 Å². The Labute approximate surface area is 158 Å². The van der Waals surface area contributed by atoms with Crippen LogP contribution in [-0.2, 0) is 11.3 Å². The summed E-state index contributed by atoms with van der Waals surface area (Å²) in [5.41, 5.74) is 0.589. The number of benzene rings is 1. The van der Waals surface area contributed by atoms with Crippen LogP contribution >= 0.6 is 0 Å². The molecule has 1 saturated heterocycles. The van der Waals surface area contributed by atoms with Crippen molar-refractivity contribution in [2.75, 3.05) is 30.9 Å². The molecule has 0 spiro atoms. The number of phenolic OH excluding ortho intramolecular Hbond substituents is 1. The van der Waals surface area contributed by atoms with E-state index < -0.39 is 11.3 Å². The molecule has 1 aromatic heterocycles. The van der Waals surface area contributed by atoms with Crippen LogP contribution in [0.3, 0.4) is 0 Å². The quantitative estimate of drug-likeness (QED) is 0.582. The topological polar surface area (TPSA) is 126 Å². The second-order valence-corrected chi connectivity index (χ2v) is 6.54. The van der Waals surface area contributed by atoms with E-state index in [4.69, 9.17) is 0 Å². The normalized spacial score (nSPS) is 15.3. The first-order valence-corrected chi connectivity index (χ1v) is 9.21. The van der Waals surface area contributed by atoms with Gasteiger partial charge in [-0.1, -0.05) is 6.07 Å². The van der Waals surface area contributed by atoms with Gasteiger partial charge in [0, 0.05) is 49.2 Å². The predicted molar refractivity (Wildman–Crippen MR) is 96.7 cm³/mol. The Kier molecular flexibility index (Phi) is 5.67. The lowest BCUT2D eigenvalue weighted by Gasteiger charge is -2.34. The molecule has 1 aliphatic rings. The van der Waals surface area contributed by atoms with Crippen LogP contribution in [0.4, 0.5) is 5.69 Å². The molecule has 0 bridgehead atoms. The summed E-state index contributed by atoms with van der Waals surface area (Å²) in [6.45, 7) is 1.45. The molecule has 10 heteroatoms. The van der Waals surface area contributed by atoms with E-state index in [1.165, 1.54) is 18.2 Å². The molecular weight excluding hydrogens is 372 g/mol. The highest BCUT2D eigenvalue weighted by atomic mass is 32.2. The van der Waals surface area contributed by atoms with E-state index >= 15 is 0 Å². The molecule has 3 rings (SSSR count).